The minimum absolute atomic E-state index is 0.298. The van der Waals surface area contributed by atoms with Crippen molar-refractivity contribution in [1.29, 1.82) is 0 Å². The molecule has 1 aliphatic heterocycles. The SMILES string of the molecule is Cc1cc(F)ccc1CCNC(=O)C1CC(F)(F)CN1. The maximum atomic E-state index is 13.0. The minimum atomic E-state index is -2.81. The number of amides is 1. The first-order chi connectivity index (χ1) is 9.37. The van der Waals surface area contributed by atoms with Crippen LogP contribution in [-0.4, -0.2) is 31.0 Å². The van der Waals surface area contributed by atoms with E-state index in [1.807, 2.05) is 0 Å². The van der Waals surface area contributed by atoms with Gasteiger partial charge in [0, 0.05) is 13.0 Å². The van der Waals surface area contributed by atoms with Crippen LogP contribution in [0.15, 0.2) is 18.2 Å². The van der Waals surface area contributed by atoms with Crippen molar-refractivity contribution in [3.63, 3.8) is 0 Å². The largest absolute Gasteiger partial charge is 0.354 e. The molecule has 3 nitrogen and oxygen atoms in total. The van der Waals surface area contributed by atoms with Gasteiger partial charge in [-0.25, -0.2) is 13.2 Å². The Bertz CT molecular complexity index is 505. The third-order valence-electron chi connectivity index (χ3n) is 3.42. The van der Waals surface area contributed by atoms with Crippen LogP contribution in [0.2, 0.25) is 0 Å². The summed E-state index contributed by atoms with van der Waals surface area (Å²) in [6.45, 7) is 1.68. The number of rotatable bonds is 4. The van der Waals surface area contributed by atoms with E-state index in [2.05, 4.69) is 10.6 Å². The first-order valence-electron chi connectivity index (χ1n) is 6.51. The average molecular weight is 286 g/mol. The van der Waals surface area contributed by atoms with E-state index in [0.717, 1.165) is 11.1 Å². The summed E-state index contributed by atoms with van der Waals surface area (Å²) >= 11 is 0. The zero-order valence-corrected chi connectivity index (χ0v) is 11.2. The lowest BCUT2D eigenvalue weighted by Crippen LogP contribution is -2.41. The maximum absolute atomic E-state index is 13.0. The zero-order chi connectivity index (χ0) is 14.8. The van der Waals surface area contributed by atoms with Gasteiger partial charge < -0.3 is 5.32 Å². The molecular weight excluding hydrogens is 269 g/mol. The van der Waals surface area contributed by atoms with Crippen molar-refractivity contribution in [3.8, 4) is 0 Å². The molecule has 1 aromatic carbocycles. The van der Waals surface area contributed by atoms with Crippen molar-refractivity contribution in [2.24, 2.45) is 0 Å². The Morgan fingerprint density at radius 2 is 2.25 bits per heavy atom. The Morgan fingerprint density at radius 1 is 1.50 bits per heavy atom. The second kappa shape index (κ2) is 5.83. The Morgan fingerprint density at radius 3 is 2.85 bits per heavy atom. The van der Waals surface area contributed by atoms with E-state index in [1.54, 1.807) is 13.0 Å². The molecule has 1 aliphatic rings. The van der Waals surface area contributed by atoms with E-state index in [1.165, 1.54) is 12.1 Å². The average Bonchev–Trinajstić information content (AvgIpc) is 2.72. The fourth-order valence-corrected chi connectivity index (χ4v) is 2.28. The van der Waals surface area contributed by atoms with E-state index in [9.17, 15) is 18.0 Å². The summed E-state index contributed by atoms with van der Waals surface area (Å²) in [6, 6.07) is 3.62. The smallest absolute Gasteiger partial charge is 0.262 e. The van der Waals surface area contributed by atoms with Gasteiger partial charge in [0.2, 0.25) is 5.91 Å². The molecule has 1 amide bonds. The normalized spacial score (nSPS) is 20.9. The highest BCUT2D eigenvalue weighted by atomic mass is 19.3. The van der Waals surface area contributed by atoms with Gasteiger partial charge in [-0.05, 0) is 36.6 Å². The zero-order valence-electron chi connectivity index (χ0n) is 11.2. The third kappa shape index (κ3) is 3.72. The summed E-state index contributed by atoms with van der Waals surface area (Å²) < 4.78 is 38.8. The Labute approximate surface area is 115 Å². The van der Waals surface area contributed by atoms with Crippen LogP contribution < -0.4 is 10.6 Å². The molecule has 0 aromatic heterocycles. The Balaban J connectivity index is 1.80. The van der Waals surface area contributed by atoms with E-state index >= 15 is 0 Å². The predicted molar refractivity (Wildman–Crippen MR) is 69.2 cm³/mol. The molecule has 110 valence electrons. The number of carbonyl (C=O) groups is 1. The standard InChI is InChI=1S/C14H17F3N2O/c1-9-6-11(15)3-2-10(9)4-5-18-13(20)12-7-14(16,17)8-19-12/h2-3,6,12,19H,4-5,7-8H2,1H3,(H,18,20). The van der Waals surface area contributed by atoms with E-state index in [0.29, 0.717) is 13.0 Å². The predicted octanol–water partition coefficient (Wildman–Crippen LogP) is 1.79. The highest BCUT2D eigenvalue weighted by molar-refractivity contribution is 5.82. The van der Waals surface area contributed by atoms with Crippen molar-refractivity contribution in [2.75, 3.05) is 13.1 Å². The fraction of sp³-hybridized carbons (Fsp3) is 0.500. The van der Waals surface area contributed by atoms with Crippen molar-refractivity contribution in [3.05, 3.63) is 35.1 Å². The number of alkyl halides is 2. The Kier molecular flexibility index (Phi) is 4.32. The first kappa shape index (κ1) is 14.8. The van der Waals surface area contributed by atoms with Crippen LogP contribution in [0.3, 0.4) is 0 Å². The summed E-state index contributed by atoms with van der Waals surface area (Å²) in [5.74, 6) is -3.52. The van der Waals surface area contributed by atoms with Gasteiger partial charge in [-0.2, -0.15) is 0 Å². The number of carbonyl (C=O) groups excluding carboxylic acids is 1. The van der Waals surface area contributed by atoms with E-state index in [-0.39, 0.29) is 5.82 Å². The Hall–Kier alpha value is -1.56. The highest BCUT2D eigenvalue weighted by Gasteiger charge is 2.42. The van der Waals surface area contributed by atoms with Crippen molar-refractivity contribution in [2.45, 2.75) is 31.7 Å². The van der Waals surface area contributed by atoms with Crippen LogP contribution in [-0.2, 0) is 11.2 Å². The number of hydrogen-bond acceptors (Lipinski definition) is 2. The van der Waals surface area contributed by atoms with Crippen LogP contribution in [0.5, 0.6) is 0 Å². The van der Waals surface area contributed by atoms with Gasteiger partial charge in [0.1, 0.15) is 5.82 Å². The third-order valence-corrected chi connectivity index (χ3v) is 3.42. The summed E-state index contributed by atoms with van der Waals surface area (Å²) in [4.78, 5) is 11.7. The molecular formula is C14H17F3N2O. The number of benzene rings is 1. The van der Waals surface area contributed by atoms with Crippen molar-refractivity contribution < 1.29 is 18.0 Å². The summed E-state index contributed by atoms with van der Waals surface area (Å²) in [7, 11) is 0. The summed E-state index contributed by atoms with van der Waals surface area (Å²) in [6.07, 6.45) is 0.0787. The molecule has 1 heterocycles. The minimum Gasteiger partial charge on any atom is -0.354 e. The molecule has 2 rings (SSSR count). The molecule has 1 unspecified atom stereocenters. The van der Waals surface area contributed by atoms with Gasteiger partial charge in [-0.1, -0.05) is 6.07 Å². The monoisotopic (exact) mass is 286 g/mol. The summed E-state index contributed by atoms with van der Waals surface area (Å²) in [5.41, 5.74) is 1.74. The molecule has 1 fully saturated rings. The lowest BCUT2D eigenvalue weighted by Gasteiger charge is -2.12. The van der Waals surface area contributed by atoms with E-state index in [4.69, 9.17) is 0 Å². The van der Waals surface area contributed by atoms with Gasteiger partial charge in [-0.3, -0.25) is 10.1 Å². The summed E-state index contributed by atoms with van der Waals surface area (Å²) in [5, 5.41) is 5.13. The van der Waals surface area contributed by atoms with E-state index < -0.39 is 30.8 Å². The van der Waals surface area contributed by atoms with Crippen LogP contribution in [0.4, 0.5) is 13.2 Å². The van der Waals surface area contributed by atoms with Gasteiger partial charge in [-0.15, -0.1) is 0 Å². The van der Waals surface area contributed by atoms with Gasteiger partial charge >= 0.3 is 0 Å². The highest BCUT2D eigenvalue weighted by Crippen LogP contribution is 2.25. The van der Waals surface area contributed by atoms with Crippen LogP contribution in [0.1, 0.15) is 17.5 Å². The molecule has 1 atom stereocenters. The molecule has 6 heteroatoms. The van der Waals surface area contributed by atoms with Crippen molar-refractivity contribution in [1.82, 2.24) is 10.6 Å². The number of hydrogen-bond donors (Lipinski definition) is 2. The number of halogens is 3. The number of nitrogens with one attached hydrogen (secondary N) is 2. The van der Waals surface area contributed by atoms with Crippen LogP contribution in [0, 0.1) is 12.7 Å². The van der Waals surface area contributed by atoms with Gasteiger partial charge in [0.15, 0.2) is 0 Å². The van der Waals surface area contributed by atoms with Crippen LogP contribution in [0.25, 0.3) is 0 Å². The molecule has 1 aromatic rings. The second-order valence-corrected chi connectivity index (χ2v) is 5.11. The molecule has 0 spiro atoms. The molecule has 1 saturated heterocycles. The van der Waals surface area contributed by atoms with Crippen molar-refractivity contribution >= 4 is 5.91 Å². The molecule has 0 saturated carbocycles. The first-order valence-corrected chi connectivity index (χ1v) is 6.51. The molecule has 0 radical (unpaired) electrons. The topological polar surface area (TPSA) is 41.1 Å². The molecule has 0 aliphatic carbocycles. The lowest BCUT2D eigenvalue weighted by atomic mass is 10.1. The molecule has 20 heavy (non-hydrogen) atoms. The number of aryl methyl sites for hydroxylation is 1. The molecule has 0 bridgehead atoms. The fourth-order valence-electron chi connectivity index (χ4n) is 2.28. The van der Waals surface area contributed by atoms with Gasteiger partial charge in [0.25, 0.3) is 5.92 Å². The molecule has 2 N–H and O–H groups in total. The van der Waals surface area contributed by atoms with Gasteiger partial charge in [0.05, 0.1) is 12.6 Å². The quantitative estimate of drug-likeness (QED) is 0.886. The lowest BCUT2D eigenvalue weighted by molar-refractivity contribution is -0.123. The second-order valence-electron chi connectivity index (χ2n) is 5.11. The van der Waals surface area contributed by atoms with Crippen LogP contribution >= 0.6 is 0 Å². The maximum Gasteiger partial charge on any atom is 0.262 e.